The smallest absolute Gasteiger partial charge is 0.253 e. The van der Waals surface area contributed by atoms with E-state index in [4.69, 9.17) is 9.68 Å². The van der Waals surface area contributed by atoms with Crippen LogP contribution in [-0.4, -0.2) is 29.1 Å². The minimum Gasteiger partial charge on any atom is -0.389 e. The lowest BCUT2D eigenvalue weighted by atomic mass is 9.95. The normalized spacial score (nSPS) is 19.2. The van der Waals surface area contributed by atoms with E-state index in [0.717, 1.165) is 12.8 Å². The molecule has 0 aromatic heterocycles. The van der Waals surface area contributed by atoms with E-state index in [0.29, 0.717) is 30.2 Å². The first-order valence-electron chi connectivity index (χ1n) is 9.00. The van der Waals surface area contributed by atoms with Gasteiger partial charge in [0.25, 0.3) is 5.91 Å². The van der Waals surface area contributed by atoms with E-state index in [2.05, 4.69) is 5.59 Å². The first-order chi connectivity index (χ1) is 13.6. The molecule has 1 fully saturated rings. The second-order valence-corrected chi connectivity index (χ2v) is 6.69. The van der Waals surface area contributed by atoms with E-state index in [1.165, 1.54) is 53.7 Å². The number of hydroxylamine groups is 1. The third-order valence-electron chi connectivity index (χ3n) is 4.72. The molecule has 0 spiro atoms. The van der Waals surface area contributed by atoms with Crippen molar-refractivity contribution in [2.45, 2.75) is 12.8 Å². The molecule has 2 heterocycles. The fraction of sp³-hybridized carbons (Fsp3) is 0.250. The van der Waals surface area contributed by atoms with Gasteiger partial charge in [0.1, 0.15) is 17.8 Å². The van der Waals surface area contributed by atoms with Gasteiger partial charge in [-0.2, -0.15) is 0 Å². The van der Waals surface area contributed by atoms with Crippen molar-refractivity contribution in [3.8, 4) is 5.75 Å². The minimum absolute atomic E-state index is 0.00691. The Morgan fingerprint density at radius 3 is 2.46 bits per heavy atom. The standard InChI is InChI=1S/C20H19F2N3O3/c21-16-5-3-14(4-6-16)20(26)24-11-1-2-15(12-24)19-13-25(23-27-19)28-18-9-7-17(22)8-10-18/h3-10,13,15,23H,1-2,11-12H2. The number of carbonyl (C=O) groups is 1. The van der Waals surface area contributed by atoms with Gasteiger partial charge in [-0.15, -0.1) is 5.17 Å². The van der Waals surface area contributed by atoms with Crippen molar-refractivity contribution in [1.82, 2.24) is 15.7 Å². The molecule has 1 saturated heterocycles. The van der Waals surface area contributed by atoms with Gasteiger partial charge in [-0.3, -0.25) is 4.79 Å². The van der Waals surface area contributed by atoms with Gasteiger partial charge in [0, 0.05) is 24.6 Å². The van der Waals surface area contributed by atoms with Crippen LogP contribution in [0.4, 0.5) is 8.78 Å². The molecule has 28 heavy (non-hydrogen) atoms. The number of rotatable bonds is 4. The highest BCUT2D eigenvalue weighted by Crippen LogP contribution is 2.28. The second-order valence-electron chi connectivity index (χ2n) is 6.69. The van der Waals surface area contributed by atoms with Gasteiger partial charge in [0.15, 0.2) is 11.5 Å². The number of benzene rings is 2. The molecule has 146 valence electrons. The van der Waals surface area contributed by atoms with Gasteiger partial charge in [0.2, 0.25) is 0 Å². The summed E-state index contributed by atoms with van der Waals surface area (Å²) < 4.78 is 26.1. The highest BCUT2D eigenvalue weighted by molar-refractivity contribution is 5.94. The lowest BCUT2D eigenvalue weighted by Crippen LogP contribution is -2.40. The van der Waals surface area contributed by atoms with Crippen LogP contribution in [0.15, 0.2) is 60.5 Å². The van der Waals surface area contributed by atoms with Gasteiger partial charge in [0.05, 0.1) is 0 Å². The number of hydrogen-bond donors (Lipinski definition) is 1. The van der Waals surface area contributed by atoms with E-state index >= 15 is 0 Å². The van der Waals surface area contributed by atoms with Gasteiger partial charge in [-0.1, -0.05) is 0 Å². The molecule has 0 saturated carbocycles. The molecule has 2 aliphatic rings. The quantitative estimate of drug-likeness (QED) is 0.872. The molecule has 2 aromatic carbocycles. The van der Waals surface area contributed by atoms with Crippen LogP contribution in [0.1, 0.15) is 23.2 Å². The number of nitrogens with one attached hydrogen (secondary N) is 1. The maximum Gasteiger partial charge on any atom is 0.253 e. The summed E-state index contributed by atoms with van der Waals surface area (Å²) in [7, 11) is 0. The summed E-state index contributed by atoms with van der Waals surface area (Å²) in [5.41, 5.74) is 3.09. The van der Waals surface area contributed by atoms with E-state index in [-0.39, 0.29) is 23.5 Å². The average Bonchev–Trinajstić information content (AvgIpc) is 3.18. The van der Waals surface area contributed by atoms with E-state index in [1.54, 1.807) is 11.1 Å². The van der Waals surface area contributed by atoms with E-state index < -0.39 is 0 Å². The predicted molar refractivity (Wildman–Crippen MR) is 96.2 cm³/mol. The van der Waals surface area contributed by atoms with Crippen molar-refractivity contribution in [2.24, 2.45) is 5.92 Å². The summed E-state index contributed by atoms with van der Waals surface area (Å²) in [6.45, 7) is 1.14. The molecule has 2 aromatic rings. The fourth-order valence-corrected chi connectivity index (χ4v) is 3.28. The van der Waals surface area contributed by atoms with Crippen LogP contribution >= 0.6 is 0 Å². The maximum atomic E-state index is 13.1. The van der Waals surface area contributed by atoms with Crippen LogP contribution in [0.25, 0.3) is 0 Å². The summed E-state index contributed by atoms with van der Waals surface area (Å²) in [4.78, 5) is 25.5. The van der Waals surface area contributed by atoms with Crippen molar-refractivity contribution in [3.63, 3.8) is 0 Å². The lowest BCUT2D eigenvalue weighted by molar-refractivity contribution is -0.139. The zero-order valence-electron chi connectivity index (χ0n) is 15.0. The predicted octanol–water partition coefficient (Wildman–Crippen LogP) is 3.40. The van der Waals surface area contributed by atoms with E-state index in [9.17, 15) is 13.6 Å². The van der Waals surface area contributed by atoms with Crippen LogP contribution in [0.2, 0.25) is 0 Å². The Balaban J connectivity index is 1.39. The molecule has 1 amide bonds. The van der Waals surface area contributed by atoms with Gasteiger partial charge in [-0.25, -0.2) is 8.78 Å². The van der Waals surface area contributed by atoms with Crippen molar-refractivity contribution in [1.29, 1.82) is 0 Å². The number of carbonyl (C=O) groups excluding carboxylic acids is 1. The zero-order chi connectivity index (χ0) is 19.5. The highest BCUT2D eigenvalue weighted by Gasteiger charge is 2.31. The van der Waals surface area contributed by atoms with Crippen LogP contribution in [-0.2, 0) is 4.84 Å². The Morgan fingerprint density at radius 2 is 1.75 bits per heavy atom. The Kier molecular flexibility index (Phi) is 5.12. The molecular formula is C20H19F2N3O3. The molecule has 0 bridgehead atoms. The molecular weight excluding hydrogens is 368 g/mol. The molecule has 2 aliphatic heterocycles. The fourth-order valence-electron chi connectivity index (χ4n) is 3.28. The molecule has 6 nitrogen and oxygen atoms in total. The Hall–Kier alpha value is -3.13. The summed E-state index contributed by atoms with van der Waals surface area (Å²) in [6, 6.07) is 11.2. The Labute approximate surface area is 160 Å². The Bertz CT molecular complexity index is 871. The van der Waals surface area contributed by atoms with Crippen LogP contribution in [0, 0.1) is 17.6 Å². The molecule has 8 heteroatoms. The molecule has 1 atom stereocenters. The second kappa shape index (κ2) is 7.85. The number of halogens is 2. The number of hydrogen-bond acceptors (Lipinski definition) is 5. The lowest BCUT2D eigenvalue weighted by Gasteiger charge is -2.32. The Morgan fingerprint density at radius 1 is 1.07 bits per heavy atom. The van der Waals surface area contributed by atoms with Gasteiger partial charge in [-0.05, 0) is 67.0 Å². The first kappa shape index (κ1) is 18.2. The molecule has 1 unspecified atom stereocenters. The highest BCUT2D eigenvalue weighted by atomic mass is 19.1. The maximum absolute atomic E-state index is 13.1. The van der Waals surface area contributed by atoms with Gasteiger partial charge >= 0.3 is 0 Å². The van der Waals surface area contributed by atoms with E-state index in [1.807, 2.05) is 0 Å². The molecule has 0 aliphatic carbocycles. The summed E-state index contributed by atoms with van der Waals surface area (Å²) in [6.07, 6.45) is 3.36. The SMILES string of the molecule is O=C(c1ccc(F)cc1)N1CCCC(C2=CN(Oc3ccc(F)cc3)NO2)C1. The average molecular weight is 387 g/mol. The first-order valence-corrected chi connectivity index (χ1v) is 9.00. The summed E-state index contributed by atoms with van der Waals surface area (Å²) >= 11 is 0. The van der Waals surface area contributed by atoms with Crippen molar-refractivity contribution < 1.29 is 23.3 Å². The van der Waals surface area contributed by atoms with Crippen molar-refractivity contribution in [3.05, 3.63) is 77.7 Å². The number of piperidine rings is 1. The third kappa shape index (κ3) is 4.07. The van der Waals surface area contributed by atoms with Crippen LogP contribution in [0.5, 0.6) is 5.75 Å². The van der Waals surface area contributed by atoms with Gasteiger partial charge < -0.3 is 14.6 Å². The van der Waals surface area contributed by atoms with Crippen molar-refractivity contribution in [2.75, 3.05) is 13.1 Å². The van der Waals surface area contributed by atoms with Crippen LogP contribution < -0.4 is 10.4 Å². The monoisotopic (exact) mass is 387 g/mol. The summed E-state index contributed by atoms with van der Waals surface area (Å²) in [5.74, 6) is 0.265. The summed E-state index contributed by atoms with van der Waals surface area (Å²) in [5, 5.41) is 1.29. The molecule has 1 N–H and O–H groups in total. The minimum atomic E-state index is -0.370. The number of hydrazine groups is 1. The van der Waals surface area contributed by atoms with Crippen LogP contribution in [0.3, 0.4) is 0 Å². The molecule has 0 radical (unpaired) electrons. The topological polar surface area (TPSA) is 54.0 Å². The molecule has 4 rings (SSSR count). The third-order valence-corrected chi connectivity index (χ3v) is 4.72. The number of nitrogens with zero attached hydrogens (tertiary/aromatic N) is 2. The number of amides is 1. The van der Waals surface area contributed by atoms with Crippen molar-refractivity contribution >= 4 is 5.91 Å². The zero-order valence-corrected chi connectivity index (χ0v) is 15.0. The largest absolute Gasteiger partial charge is 0.389 e. The number of likely N-dealkylation sites (tertiary alicyclic amines) is 1.